The van der Waals surface area contributed by atoms with Crippen LogP contribution >= 0.6 is 13.6 Å². The Balaban J connectivity index is 0. The molecule has 0 N–H and O–H groups in total. The van der Waals surface area contributed by atoms with Crippen molar-refractivity contribution in [2.24, 2.45) is 0 Å². The van der Waals surface area contributed by atoms with Crippen LogP contribution in [0.5, 0.6) is 0 Å². The van der Waals surface area contributed by atoms with Crippen LogP contribution < -0.4 is 5.11 Å². The van der Waals surface area contributed by atoms with Crippen molar-refractivity contribution < 1.29 is 21.4 Å². The molecule has 0 fully saturated rings. The molecule has 0 saturated carbocycles. The van der Waals surface area contributed by atoms with Crippen LogP contribution in [0.4, 0.5) is 0 Å². The van der Waals surface area contributed by atoms with Crippen LogP contribution in [0.1, 0.15) is 13.3 Å². The van der Waals surface area contributed by atoms with E-state index in [0.717, 1.165) is 6.42 Å². The number of hydrogen-bond acceptors (Lipinski definition) is 2. The molecule has 0 unspecified atom stereocenters. The predicted octanol–water partition coefficient (Wildman–Crippen LogP) is 1.00. The molecule has 0 aliphatic carbocycles. The molecule has 56 valence electrons. The van der Waals surface area contributed by atoms with E-state index in [0.29, 0.717) is 0 Å². The summed E-state index contributed by atoms with van der Waals surface area (Å²) in [6.45, 7) is 1.95. The molecule has 0 aliphatic heterocycles. The Labute approximate surface area is 79.3 Å². The maximum atomic E-state index is 10.6. The van der Waals surface area contributed by atoms with Crippen LogP contribution in [-0.2, 0) is 16.3 Å². The van der Waals surface area contributed by atoms with Crippen molar-refractivity contribution in [3.8, 4) is 0 Å². The summed E-state index contributed by atoms with van der Waals surface area (Å²) in [6.07, 6.45) is 2.47. The van der Waals surface area contributed by atoms with Gasteiger partial charge in [0.15, 0.2) is 0 Å². The Morgan fingerprint density at radius 2 is 2.00 bits per heavy atom. The van der Waals surface area contributed by atoms with E-state index in [1.54, 1.807) is 25.1 Å². The van der Waals surface area contributed by atoms with E-state index in [-0.39, 0.29) is 5.88 Å². The van der Waals surface area contributed by atoms with Gasteiger partial charge in [0, 0.05) is 14.1 Å². The Kier molecular flexibility index (Phi) is 12.3. The number of hydrogen-bond donors (Lipinski definition) is 0. The molecule has 0 aromatic carbocycles. The first kappa shape index (κ1) is 13.1. The number of rotatable bonds is 2. The SMILES string of the molecule is CC/C=C(\[O-])N(C)C.[Zn+][Br]. The van der Waals surface area contributed by atoms with Crippen molar-refractivity contribution in [2.45, 2.75) is 13.3 Å². The van der Waals surface area contributed by atoms with Crippen LogP contribution in [0.2, 0.25) is 0 Å². The summed E-state index contributed by atoms with van der Waals surface area (Å²) in [5, 5.41) is 10.6. The Morgan fingerprint density at radius 3 is 2.10 bits per heavy atom. The van der Waals surface area contributed by atoms with Crippen molar-refractivity contribution in [1.82, 2.24) is 4.90 Å². The molecule has 0 bridgehead atoms. The fourth-order valence-corrected chi connectivity index (χ4v) is 0.357. The second kappa shape index (κ2) is 9.44. The van der Waals surface area contributed by atoms with Gasteiger partial charge in [0.2, 0.25) is 0 Å². The van der Waals surface area contributed by atoms with Crippen molar-refractivity contribution >= 4 is 13.6 Å². The average Bonchev–Trinajstić information content (AvgIpc) is 1.93. The van der Waals surface area contributed by atoms with Crippen LogP contribution in [0, 0.1) is 0 Å². The van der Waals surface area contributed by atoms with Crippen LogP contribution in [0.3, 0.4) is 0 Å². The zero-order chi connectivity index (χ0) is 8.57. The topological polar surface area (TPSA) is 26.3 Å². The monoisotopic (exact) mass is 257 g/mol. The van der Waals surface area contributed by atoms with Gasteiger partial charge in [0.25, 0.3) is 0 Å². The molecule has 0 radical (unpaired) electrons. The zero-order valence-electron chi connectivity index (χ0n) is 6.72. The molecule has 0 aromatic heterocycles. The molecule has 0 atom stereocenters. The summed E-state index contributed by atoms with van der Waals surface area (Å²) < 4.78 is 0. The van der Waals surface area contributed by atoms with Gasteiger partial charge in [0.1, 0.15) is 0 Å². The van der Waals surface area contributed by atoms with E-state index in [1.165, 1.54) is 16.3 Å². The van der Waals surface area contributed by atoms with Gasteiger partial charge in [0.05, 0.1) is 0 Å². The van der Waals surface area contributed by atoms with Gasteiger partial charge in [-0.2, -0.15) is 0 Å². The molecular weight excluding hydrogens is 247 g/mol. The van der Waals surface area contributed by atoms with Gasteiger partial charge in [-0.3, -0.25) is 0 Å². The first-order valence-electron chi connectivity index (χ1n) is 2.99. The molecule has 0 aromatic rings. The fourth-order valence-electron chi connectivity index (χ4n) is 0.357. The molecule has 4 heteroatoms. The second-order valence-corrected chi connectivity index (χ2v) is 1.85. The molecular formula is C6H12BrNOZn. The fraction of sp³-hybridized carbons (Fsp3) is 0.667. The Bertz CT molecular complexity index is 95.7. The average molecular weight is 259 g/mol. The summed E-state index contributed by atoms with van der Waals surface area (Å²) in [7, 11) is 3.49. The van der Waals surface area contributed by atoms with E-state index in [1.807, 2.05) is 6.92 Å². The summed E-state index contributed by atoms with van der Waals surface area (Å²) in [4.78, 5) is 1.56. The van der Waals surface area contributed by atoms with Crippen molar-refractivity contribution in [3.05, 3.63) is 12.0 Å². The van der Waals surface area contributed by atoms with Crippen LogP contribution in [0.25, 0.3) is 0 Å². The van der Waals surface area contributed by atoms with E-state index >= 15 is 0 Å². The molecule has 0 rings (SSSR count). The Hall–Kier alpha value is 0.443. The second-order valence-electron chi connectivity index (χ2n) is 1.85. The van der Waals surface area contributed by atoms with Gasteiger partial charge < -0.3 is 10.0 Å². The summed E-state index contributed by atoms with van der Waals surface area (Å²) in [5.41, 5.74) is 0. The molecule has 0 amide bonds. The molecule has 2 nitrogen and oxygen atoms in total. The van der Waals surface area contributed by atoms with Crippen molar-refractivity contribution in [2.75, 3.05) is 14.1 Å². The third-order valence-electron chi connectivity index (χ3n) is 0.820. The van der Waals surface area contributed by atoms with E-state index < -0.39 is 0 Å². The van der Waals surface area contributed by atoms with E-state index in [9.17, 15) is 5.11 Å². The maximum absolute atomic E-state index is 10.6. The number of halogens is 1. The molecule has 0 spiro atoms. The third kappa shape index (κ3) is 8.44. The predicted molar refractivity (Wildman–Crippen MR) is 41.0 cm³/mol. The minimum atomic E-state index is 0.0903. The molecule has 0 saturated heterocycles. The summed E-state index contributed by atoms with van der Waals surface area (Å²) in [6, 6.07) is 0. The minimum absolute atomic E-state index is 0.0903. The van der Waals surface area contributed by atoms with Gasteiger partial charge in [-0.25, -0.2) is 0 Å². The van der Waals surface area contributed by atoms with Crippen LogP contribution in [-0.4, -0.2) is 19.0 Å². The first-order chi connectivity index (χ1) is 4.68. The Morgan fingerprint density at radius 1 is 1.60 bits per heavy atom. The molecule has 0 aliphatic rings. The van der Waals surface area contributed by atoms with E-state index in [4.69, 9.17) is 0 Å². The van der Waals surface area contributed by atoms with Gasteiger partial charge in [-0.15, -0.1) is 0 Å². The van der Waals surface area contributed by atoms with Gasteiger partial charge >= 0.3 is 30.0 Å². The van der Waals surface area contributed by atoms with Crippen molar-refractivity contribution in [3.63, 3.8) is 0 Å². The summed E-state index contributed by atoms with van der Waals surface area (Å²) in [5.74, 6) is 0.0903. The number of allylic oxidation sites excluding steroid dienone is 1. The third-order valence-corrected chi connectivity index (χ3v) is 0.820. The normalized spacial score (nSPS) is 10.0. The van der Waals surface area contributed by atoms with Gasteiger partial charge in [-0.1, -0.05) is 13.0 Å². The van der Waals surface area contributed by atoms with E-state index in [2.05, 4.69) is 13.6 Å². The van der Waals surface area contributed by atoms with Gasteiger partial charge in [-0.05, 0) is 12.3 Å². The molecule has 10 heavy (non-hydrogen) atoms. The standard InChI is InChI=1S/C6H13NO.BrH.Zn/c1-4-5-6(8)7(2)3;;/h5,8H,4H2,1-3H3;1H;/q;;+2/p-2/b6-5-;;. The summed E-state index contributed by atoms with van der Waals surface area (Å²) >= 11 is 4.25. The molecule has 0 heterocycles. The first-order valence-corrected chi connectivity index (χ1v) is 9.94. The van der Waals surface area contributed by atoms with Crippen molar-refractivity contribution in [1.29, 1.82) is 0 Å². The number of nitrogens with zero attached hydrogens (tertiary/aromatic N) is 1. The zero-order valence-corrected chi connectivity index (χ0v) is 11.3. The quantitative estimate of drug-likeness (QED) is 0.546. The van der Waals surface area contributed by atoms with Crippen LogP contribution in [0.15, 0.2) is 12.0 Å².